The molecule has 0 spiro atoms. The number of hydrogen-bond donors (Lipinski definition) is 1. The quantitative estimate of drug-likeness (QED) is 0.664. The molecule has 1 aliphatic heterocycles. The fourth-order valence-corrected chi connectivity index (χ4v) is 1.33. The van der Waals surface area contributed by atoms with Gasteiger partial charge in [0.25, 0.3) is 0 Å². The van der Waals surface area contributed by atoms with Crippen LogP contribution in [-0.2, 0) is 0 Å². The summed E-state index contributed by atoms with van der Waals surface area (Å²) in [5, 5.41) is 3.31. The van der Waals surface area contributed by atoms with Crippen molar-refractivity contribution in [2.45, 2.75) is 47.0 Å². The molecular formula is C10H23N. The van der Waals surface area contributed by atoms with Crippen LogP contribution in [0.1, 0.15) is 47.0 Å². The van der Waals surface area contributed by atoms with Gasteiger partial charge in [0.2, 0.25) is 0 Å². The Hall–Kier alpha value is -0.0400. The van der Waals surface area contributed by atoms with Gasteiger partial charge in [0.1, 0.15) is 0 Å². The highest BCUT2D eigenvalue weighted by atomic mass is 15.0. The van der Waals surface area contributed by atoms with Crippen LogP contribution >= 0.6 is 0 Å². The van der Waals surface area contributed by atoms with E-state index in [-0.39, 0.29) is 0 Å². The second-order valence-corrected chi connectivity index (χ2v) is 3.52. The molecular weight excluding hydrogens is 134 g/mol. The summed E-state index contributed by atoms with van der Waals surface area (Å²) in [7, 11) is 0. The maximum atomic E-state index is 3.31. The van der Waals surface area contributed by atoms with Crippen molar-refractivity contribution in [2.75, 3.05) is 13.1 Å². The van der Waals surface area contributed by atoms with Crippen molar-refractivity contribution in [2.24, 2.45) is 5.41 Å². The predicted octanol–water partition coefficient (Wildman–Crippen LogP) is 2.81. The molecule has 1 heterocycles. The standard InChI is InChI=1S/C8H17N.C2H6/c1-3-4-5-8(2)6-9-7-8;1-2/h9H,3-7H2,1-2H3;1-2H3. The van der Waals surface area contributed by atoms with Gasteiger partial charge in [-0.05, 0) is 11.8 Å². The summed E-state index contributed by atoms with van der Waals surface area (Å²) in [6.45, 7) is 11.1. The minimum absolute atomic E-state index is 0.663. The van der Waals surface area contributed by atoms with Crippen LogP contribution in [0.5, 0.6) is 0 Å². The molecule has 0 aromatic rings. The van der Waals surface area contributed by atoms with E-state index in [2.05, 4.69) is 19.2 Å². The minimum atomic E-state index is 0.663. The largest absolute Gasteiger partial charge is 0.316 e. The normalized spacial score (nSPS) is 19.6. The lowest BCUT2D eigenvalue weighted by atomic mass is 9.79. The number of hydrogen-bond acceptors (Lipinski definition) is 1. The Kier molecular flexibility index (Phi) is 5.57. The van der Waals surface area contributed by atoms with Crippen LogP contribution in [-0.4, -0.2) is 13.1 Å². The van der Waals surface area contributed by atoms with Crippen molar-refractivity contribution in [3.8, 4) is 0 Å². The summed E-state index contributed by atoms with van der Waals surface area (Å²) < 4.78 is 0. The summed E-state index contributed by atoms with van der Waals surface area (Å²) in [6, 6.07) is 0. The Balaban J connectivity index is 0.000000461. The van der Waals surface area contributed by atoms with E-state index in [1.165, 1.54) is 32.4 Å². The average Bonchev–Trinajstić information content (AvgIpc) is 2.01. The van der Waals surface area contributed by atoms with E-state index in [0.717, 1.165) is 0 Å². The van der Waals surface area contributed by atoms with Crippen LogP contribution < -0.4 is 5.32 Å². The molecule has 0 saturated carbocycles. The molecule has 1 rings (SSSR count). The van der Waals surface area contributed by atoms with Gasteiger partial charge in [-0.25, -0.2) is 0 Å². The van der Waals surface area contributed by atoms with Gasteiger partial charge in [-0.2, -0.15) is 0 Å². The van der Waals surface area contributed by atoms with E-state index >= 15 is 0 Å². The lowest BCUT2D eigenvalue weighted by Crippen LogP contribution is -2.51. The smallest absolute Gasteiger partial charge is 0.00176 e. The number of rotatable bonds is 3. The van der Waals surface area contributed by atoms with Crippen molar-refractivity contribution in [3.63, 3.8) is 0 Å². The maximum absolute atomic E-state index is 3.31. The zero-order chi connectivity index (χ0) is 8.74. The van der Waals surface area contributed by atoms with Gasteiger partial charge in [-0.3, -0.25) is 0 Å². The zero-order valence-electron chi connectivity index (χ0n) is 8.54. The van der Waals surface area contributed by atoms with Crippen molar-refractivity contribution >= 4 is 0 Å². The molecule has 1 N–H and O–H groups in total. The summed E-state index contributed by atoms with van der Waals surface area (Å²) in [5.74, 6) is 0. The molecule has 68 valence electrons. The zero-order valence-corrected chi connectivity index (χ0v) is 8.54. The van der Waals surface area contributed by atoms with Gasteiger partial charge >= 0.3 is 0 Å². The van der Waals surface area contributed by atoms with Gasteiger partial charge in [-0.15, -0.1) is 0 Å². The highest BCUT2D eigenvalue weighted by molar-refractivity contribution is 4.87. The molecule has 0 atom stereocenters. The van der Waals surface area contributed by atoms with E-state index in [1.54, 1.807) is 0 Å². The Morgan fingerprint density at radius 2 is 1.82 bits per heavy atom. The number of unbranched alkanes of at least 4 members (excludes halogenated alkanes) is 1. The van der Waals surface area contributed by atoms with Crippen LogP contribution in [0.4, 0.5) is 0 Å². The van der Waals surface area contributed by atoms with Gasteiger partial charge in [0.15, 0.2) is 0 Å². The Bertz CT molecular complexity index is 84.9. The van der Waals surface area contributed by atoms with E-state index in [4.69, 9.17) is 0 Å². The molecule has 1 heteroatoms. The Morgan fingerprint density at radius 3 is 2.09 bits per heavy atom. The molecule has 0 aromatic carbocycles. The van der Waals surface area contributed by atoms with Crippen molar-refractivity contribution in [3.05, 3.63) is 0 Å². The van der Waals surface area contributed by atoms with Crippen LogP contribution in [0.25, 0.3) is 0 Å². The molecule has 0 radical (unpaired) electrons. The summed E-state index contributed by atoms with van der Waals surface area (Å²) in [4.78, 5) is 0. The fourth-order valence-electron chi connectivity index (χ4n) is 1.33. The maximum Gasteiger partial charge on any atom is 0.00176 e. The molecule has 11 heavy (non-hydrogen) atoms. The first-order valence-electron chi connectivity index (χ1n) is 4.97. The average molecular weight is 157 g/mol. The molecule has 1 nitrogen and oxygen atoms in total. The van der Waals surface area contributed by atoms with Crippen LogP contribution in [0.3, 0.4) is 0 Å². The lowest BCUT2D eigenvalue weighted by molar-refractivity contribution is 0.175. The third-order valence-corrected chi connectivity index (χ3v) is 2.24. The van der Waals surface area contributed by atoms with Crippen molar-refractivity contribution in [1.29, 1.82) is 0 Å². The molecule has 1 fully saturated rings. The van der Waals surface area contributed by atoms with E-state index < -0.39 is 0 Å². The highest BCUT2D eigenvalue weighted by Crippen LogP contribution is 2.27. The second-order valence-electron chi connectivity index (χ2n) is 3.52. The highest BCUT2D eigenvalue weighted by Gasteiger charge is 2.29. The molecule has 1 saturated heterocycles. The van der Waals surface area contributed by atoms with E-state index in [1.807, 2.05) is 13.8 Å². The molecule has 0 aliphatic carbocycles. The first-order valence-corrected chi connectivity index (χ1v) is 4.97. The SMILES string of the molecule is CC.CCCCC1(C)CNC1. The fraction of sp³-hybridized carbons (Fsp3) is 1.00. The van der Waals surface area contributed by atoms with Gasteiger partial charge in [-0.1, -0.05) is 40.5 Å². The second kappa shape index (κ2) is 5.59. The topological polar surface area (TPSA) is 12.0 Å². The van der Waals surface area contributed by atoms with Crippen LogP contribution in [0.15, 0.2) is 0 Å². The van der Waals surface area contributed by atoms with Crippen LogP contribution in [0, 0.1) is 5.41 Å². The molecule has 0 bridgehead atoms. The minimum Gasteiger partial charge on any atom is -0.316 e. The van der Waals surface area contributed by atoms with E-state index in [9.17, 15) is 0 Å². The number of nitrogens with one attached hydrogen (secondary N) is 1. The first-order chi connectivity index (χ1) is 5.27. The monoisotopic (exact) mass is 157 g/mol. The summed E-state index contributed by atoms with van der Waals surface area (Å²) in [6.07, 6.45) is 4.16. The summed E-state index contributed by atoms with van der Waals surface area (Å²) >= 11 is 0. The Morgan fingerprint density at radius 1 is 1.27 bits per heavy atom. The van der Waals surface area contributed by atoms with Crippen molar-refractivity contribution < 1.29 is 0 Å². The molecule has 0 aromatic heterocycles. The first kappa shape index (κ1) is 11.0. The molecule has 0 unspecified atom stereocenters. The van der Waals surface area contributed by atoms with Gasteiger partial charge < -0.3 is 5.32 Å². The summed E-state index contributed by atoms with van der Waals surface area (Å²) in [5.41, 5.74) is 0.663. The third kappa shape index (κ3) is 3.76. The lowest BCUT2D eigenvalue weighted by Gasteiger charge is -2.39. The molecule has 1 aliphatic rings. The van der Waals surface area contributed by atoms with Gasteiger partial charge in [0, 0.05) is 13.1 Å². The van der Waals surface area contributed by atoms with E-state index in [0.29, 0.717) is 5.41 Å². The predicted molar refractivity (Wildman–Crippen MR) is 51.8 cm³/mol. The Labute approximate surface area is 71.6 Å². The molecule has 0 amide bonds. The van der Waals surface area contributed by atoms with Gasteiger partial charge in [0.05, 0.1) is 0 Å². The van der Waals surface area contributed by atoms with Crippen molar-refractivity contribution in [1.82, 2.24) is 5.32 Å². The third-order valence-electron chi connectivity index (χ3n) is 2.24. The van der Waals surface area contributed by atoms with Crippen LogP contribution in [0.2, 0.25) is 0 Å².